The molecule has 3 heterocycles. The third-order valence-corrected chi connectivity index (χ3v) is 3.77. The van der Waals surface area contributed by atoms with E-state index in [1.54, 1.807) is 0 Å². The predicted octanol–water partition coefficient (Wildman–Crippen LogP) is 1.72. The average molecular weight is 270 g/mol. The third kappa shape index (κ3) is 1.91. The van der Waals surface area contributed by atoms with Crippen molar-refractivity contribution in [3.8, 4) is 0 Å². The van der Waals surface area contributed by atoms with Crippen LogP contribution < -0.4 is 4.90 Å². The average Bonchev–Trinajstić information content (AvgIpc) is 3.17. The number of aromatic nitrogens is 5. The van der Waals surface area contributed by atoms with E-state index in [9.17, 15) is 0 Å². The van der Waals surface area contributed by atoms with Crippen LogP contribution in [0.1, 0.15) is 24.6 Å². The number of nitrogens with zero attached hydrogens (tertiary/aromatic N) is 5. The van der Waals surface area contributed by atoms with E-state index in [0.29, 0.717) is 11.9 Å². The molecule has 0 aliphatic carbocycles. The monoisotopic (exact) mass is 270 g/mol. The van der Waals surface area contributed by atoms with Crippen LogP contribution in [-0.2, 0) is 0 Å². The highest BCUT2D eigenvalue weighted by Crippen LogP contribution is 2.29. The van der Waals surface area contributed by atoms with Crippen molar-refractivity contribution in [1.29, 1.82) is 0 Å². The second kappa shape index (κ2) is 4.59. The number of nitrogens with one attached hydrogen (secondary N) is 1. The minimum Gasteiger partial charge on any atom is -0.423 e. The first kappa shape index (κ1) is 11.4. The lowest BCUT2D eigenvalue weighted by atomic mass is 9.96. The van der Waals surface area contributed by atoms with Gasteiger partial charge in [0.25, 0.3) is 6.01 Å². The zero-order chi connectivity index (χ0) is 13.4. The standard InChI is InChI=1S/C13H14N6O/c1-2-4-11-10(3-1)14-13(20-11)19-7-5-9(6-8-19)12-15-17-18-16-12/h1-4,9H,5-8H2,(H,15,16,17,18). The van der Waals surface area contributed by atoms with Crippen molar-refractivity contribution < 1.29 is 4.42 Å². The largest absolute Gasteiger partial charge is 0.423 e. The van der Waals surface area contributed by atoms with E-state index in [2.05, 4.69) is 30.5 Å². The summed E-state index contributed by atoms with van der Waals surface area (Å²) >= 11 is 0. The number of hydrogen-bond acceptors (Lipinski definition) is 6. The van der Waals surface area contributed by atoms with E-state index in [1.807, 2.05) is 24.3 Å². The maximum absolute atomic E-state index is 5.80. The Morgan fingerprint density at radius 2 is 2.05 bits per heavy atom. The van der Waals surface area contributed by atoms with Gasteiger partial charge in [0.2, 0.25) is 0 Å². The van der Waals surface area contributed by atoms with E-state index in [4.69, 9.17) is 4.42 Å². The summed E-state index contributed by atoms with van der Waals surface area (Å²) in [4.78, 5) is 6.71. The molecule has 0 saturated carbocycles. The first-order chi connectivity index (χ1) is 9.90. The molecule has 4 rings (SSSR count). The number of anilines is 1. The van der Waals surface area contributed by atoms with Crippen molar-refractivity contribution in [2.45, 2.75) is 18.8 Å². The molecule has 1 fully saturated rings. The Morgan fingerprint density at radius 3 is 2.80 bits per heavy atom. The summed E-state index contributed by atoms with van der Waals surface area (Å²) in [5.41, 5.74) is 1.74. The normalized spacial score (nSPS) is 16.9. The molecule has 1 saturated heterocycles. The number of para-hydroxylation sites is 2. The molecule has 1 aliphatic rings. The van der Waals surface area contributed by atoms with Crippen molar-refractivity contribution >= 4 is 17.1 Å². The second-order valence-electron chi connectivity index (χ2n) is 5.00. The number of tetrazole rings is 1. The summed E-state index contributed by atoms with van der Waals surface area (Å²) in [5, 5.41) is 14.3. The molecule has 1 N–H and O–H groups in total. The topological polar surface area (TPSA) is 83.7 Å². The lowest BCUT2D eigenvalue weighted by molar-refractivity contribution is 0.455. The van der Waals surface area contributed by atoms with Crippen LogP contribution in [0, 0.1) is 0 Å². The zero-order valence-electron chi connectivity index (χ0n) is 10.9. The minimum absolute atomic E-state index is 0.370. The molecule has 7 nitrogen and oxygen atoms in total. The van der Waals surface area contributed by atoms with E-state index < -0.39 is 0 Å². The van der Waals surface area contributed by atoms with Crippen molar-refractivity contribution in [2.24, 2.45) is 0 Å². The zero-order valence-corrected chi connectivity index (χ0v) is 10.9. The summed E-state index contributed by atoms with van der Waals surface area (Å²) in [7, 11) is 0. The summed E-state index contributed by atoms with van der Waals surface area (Å²) in [6.45, 7) is 1.79. The molecular weight excluding hydrogens is 256 g/mol. The summed E-state index contributed by atoms with van der Waals surface area (Å²) in [5.74, 6) is 1.18. The molecule has 0 unspecified atom stereocenters. The fourth-order valence-electron chi connectivity index (χ4n) is 2.67. The molecule has 0 atom stereocenters. The Balaban J connectivity index is 1.51. The van der Waals surface area contributed by atoms with Gasteiger partial charge in [-0.2, -0.15) is 10.2 Å². The number of piperidine rings is 1. The molecule has 0 amide bonds. The number of H-pyrrole nitrogens is 1. The Kier molecular flexibility index (Phi) is 2.61. The van der Waals surface area contributed by atoms with Crippen LogP contribution in [0.2, 0.25) is 0 Å². The minimum atomic E-state index is 0.370. The fraction of sp³-hybridized carbons (Fsp3) is 0.385. The smallest absolute Gasteiger partial charge is 0.298 e. The fourth-order valence-corrected chi connectivity index (χ4v) is 2.67. The van der Waals surface area contributed by atoms with Gasteiger partial charge < -0.3 is 9.32 Å². The van der Waals surface area contributed by atoms with Gasteiger partial charge in [-0.1, -0.05) is 17.3 Å². The molecule has 7 heteroatoms. The van der Waals surface area contributed by atoms with Gasteiger partial charge >= 0.3 is 0 Å². The van der Waals surface area contributed by atoms with Crippen LogP contribution in [0.4, 0.5) is 6.01 Å². The molecule has 1 aliphatic heterocycles. The van der Waals surface area contributed by atoms with Crippen LogP contribution in [0.5, 0.6) is 0 Å². The van der Waals surface area contributed by atoms with Crippen LogP contribution in [0.25, 0.3) is 11.1 Å². The summed E-state index contributed by atoms with van der Waals surface area (Å²) < 4.78 is 5.80. The molecule has 20 heavy (non-hydrogen) atoms. The molecule has 2 aromatic heterocycles. The maximum Gasteiger partial charge on any atom is 0.298 e. The molecular formula is C13H14N6O. The van der Waals surface area contributed by atoms with Gasteiger partial charge in [0.1, 0.15) is 5.52 Å². The lowest BCUT2D eigenvalue weighted by Crippen LogP contribution is -2.33. The highest BCUT2D eigenvalue weighted by Gasteiger charge is 2.25. The van der Waals surface area contributed by atoms with Crippen LogP contribution in [0.3, 0.4) is 0 Å². The molecule has 102 valence electrons. The van der Waals surface area contributed by atoms with E-state index in [-0.39, 0.29) is 0 Å². The molecule has 0 spiro atoms. The van der Waals surface area contributed by atoms with Crippen molar-refractivity contribution in [3.63, 3.8) is 0 Å². The Bertz CT molecular complexity index is 666. The van der Waals surface area contributed by atoms with Gasteiger partial charge in [0.05, 0.1) is 0 Å². The molecule has 3 aromatic rings. The highest BCUT2D eigenvalue weighted by atomic mass is 16.4. The summed E-state index contributed by atoms with van der Waals surface area (Å²) in [6.07, 6.45) is 1.97. The van der Waals surface area contributed by atoms with Gasteiger partial charge in [-0.3, -0.25) is 0 Å². The number of rotatable bonds is 2. The summed E-state index contributed by atoms with van der Waals surface area (Å²) in [6, 6.07) is 8.54. The number of benzene rings is 1. The van der Waals surface area contributed by atoms with Crippen LogP contribution in [0.15, 0.2) is 28.7 Å². The second-order valence-corrected chi connectivity index (χ2v) is 5.00. The van der Waals surface area contributed by atoms with Gasteiger partial charge in [-0.05, 0) is 25.0 Å². The predicted molar refractivity (Wildman–Crippen MR) is 72.4 cm³/mol. The number of oxazole rings is 1. The molecule has 1 aromatic carbocycles. The SMILES string of the molecule is c1ccc2oc(N3CCC(c4nn[nH]n4)CC3)nc2c1. The van der Waals surface area contributed by atoms with E-state index >= 15 is 0 Å². The first-order valence-corrected chi connectivity index (χ1v) is 6.74. The van der Waals surface area contributed by atoms with Gasteiger partial charge in [-0.25, -0.2) is 0 Å². The highest BCUT2D eigenvalue weighted by molar-refractivity contribution is 5.74. The van der Waals surface area contributed by atoms with Crippen LogP contribution in [-0.4, -0.2) is 38.7 Å². The Labute approximate surface area is 115 Å². The van der Waals surface area contributed by atoms with E-state index in [1.165, 1.54) is 0 Å². The Hall–Kier alpha value is -2.44. The number of aromatic amines is 1. The number of hydrogen-bond donors (Lipinski definition) is 1. The molecule has 0 radical (unpaired) electrons. The van der Waals surface area contributed by atoms with Gasteiger partial charge in [0.15, 0.2) is 11.4 Å². The Morgan fingerprint density at radius 1 is 1.20 bits per heavy atom. The van der Waals surface area contributed by atoms with Crippen molar-refractivity contribution in [2.75, 3.05) is 18.0 Å². The lowest BCUT2D eigenvalue weighted by Gasteiger charge is -2.29. The van der Waals surface area contributed by atoms with Crippen LogP contribution >= 0.6 is 0 Å². The van der Waals surface area contributed by atoms with E-state index in [0.717, 1.165) is 42.9 Å². The van der Waals surface area contributed by atoms with Gasteiger partial charge in [0, 0.05) is 19.0 Å². The number of fused-ring (bicyclic) bond motifs is 1. The quantitative estimate of drug-likeness (QED) is 0.763. The first-order valence-electron chi connectivity index (χ1n) is 6.74. The van der Waals surface area contributed by atoms with Crippen molar-refractivity contribution in [3.05, 3.63) is 30.1 Å². The van der Waals surface area contributed by atoms with Crippen molar-refractivity contribution in [1.82, 2.24) is 25.6 Å². The van der Waals surface area contributed by atoms with Gasteiger partial charge in [-0.15, -0.1) is 10.2 Å². The molecule has 0 bridgehead atoms. The maximum atomic E-state index is 5.80. The third-order valence-electron chi connectivity index (χ3n) is 3.77.